The van der Waals surface area contributed by atoms with Gasteiger partial charge in [0.05, 0.1) is 6.61 Å². The maximum atomic E-state index is 12.0. The molecule has 0 aliphatic carbocycles. The van der Waals surface area contributed by atoms with E-state index in [0.717, 1.165) is 25.7 Å². The Bertz CT molecular complexity index is 703. The zero-order chi connectivity index (χ0) is 38.9. The number of rotatable bonds is 48. The van der Waals surface area contributed by atoms with Crippen LogP contribution in [0.3, 0.4) is 0 Å². The second-order valence-corrected chi connectivity index (χ2v) is 17.2. The fourth-order valence-electron chi connectivity index (χ4n) is 7.93. The van der Waals surface area contributed by atoms with Gasteiger partial charge >= 0.3 is 5.97 Å². The monoisotopic (exact) mass is 761 g/mol. The summed E-state index contributed by atoms with van der Waals surface area (Å²) in [5.74, 6) is 0.0162. The number of aliphatic hydroxyl groups is 1. The Kier molecular flexibility index (Phi) is 49.4. The molecule has 0 radical (unpaired) electrons. The van der Waals surface area contributed by atoms with Gasteiger partial charge in [0.2, 0.25) is 0 Å². The average Bonchev–Trinajstić information content (AvgIpc) is 3.18. The largest absolute Gasteiger partial charge is 0.466 e. The van der Waals surface area contributed by atoms with E-state index in [0.29, 0.717) is 19.6 Å². The molecule has 322 valence electrons. The molecule has 3 heteroatoms. The molecule has 0 heterocycles. The number of carbonyl (C=O) groups excluding carboxylic acids is 1. The van der Waals surface area contributed by atoms with Crippen molar-refractivity contribution in [3.63, 3.8) is 0 Å². The van der Waals surface area contributed by atoms with E-state index < -0.39 is 0 Å². The van der Waals surface area contributed by atoms with Gasteiger partial charge in [-0.2, -0.15) is 0 Å². The van der Waals surface area contributed by atoms with Crippen molar-refractivity contribution in [2.75, 3.05) is 13.2 Å². The van der Waals surface area contributed by atoms with Gasteiger partial charge in [-0.25, -0.2) is 0 Å². The molecule has 1 N–H and O–H groups in total. The number of ether oxygens (including phenoxy) is 1. The predicted octanol–water partition coefficient (Wildman–Crippen LogP) is 17.7. The topological polar surface area (TPSA) is 46.5 Å². The fourth-order valence-corrected chi connectivity index (χ4v) is 7.93. The van der Waals surface area contributed by atoms with Crippen LogP contribution in [0, 0.1) is 0 Å². The number of allylic oxidation sites excluding steroid dienone is 2. The molecular formula is C51H100O3. The number of hydrogen-bond donors (Lipinski definition) is 1. The smallest absolute Gasteiger partial charge is 0.305 e. The van der Waals surface area contributed by atoms with Crippen molar-refractivity contribution in [1.29, 1.82) is 0 Å². The van der Waals surface area contributed by atoms with Crippen LogP contribution in [0.4, 0.5) is 0 Å². The van der Waals surface area contributed by atoms with E-state index >= 15 is 0 Å². The Balaban J connectivity index is 3.12. The van der Waals surface area contributed by atoms with Crippen LogP contribution in [-0.4, -0.2) is 24.3 Å². The first-order chi connectivity index (χ1) is 26.8. The third kappa shape index (κ3) is 49.2. The summed E-state index contributed by atoms with van der Waals surface area (Å²) in [6.45, 7) is 3.24. The van der Waals surface area contributed by atoms with Gasteiger partial charge in [-0.15, -0.1) is 0 Å². The standard InChI is InChI=1S/C51H100O3/c1-2-3-4-5-6-7-33-36-39-42-45-48-51(53)54-50-47-44-41-38-35-32-30-28-26-24-22-20-18-16-14-12-10-8-9-11-13-15-17-19-21-23-25-27-29-31-34-37-40-43-46-49-52/h5-6,52H,2-4,7-50H2,1H3. The van der Waals surface area contributed by atoms with Gasteiger partial charge < -0.3 is 9.84 Å². The lowest BCUT2D eigenvalue weighted by Crippen LogP contribution is -2.05. The molecular weight excluding hydrogens is 661 g/mol. The average molecular weight is 761 g/mol. The van der Waals surface area contributed by atoms with Crippen LogP contribution in [0.2, 0.25) is 0 Å². The van der Waals surface area contributed by atoms with Crippen molar-refractivity contribution in [2.45, 2.75) is 296 Å². The first-order valence-electron chi connectivity index (χ1n) is 25.2. The van der Waals surface area contributed by atoms with E-state index in [9.17, 15) is 4.79 Å². The van der Waals surface area contributed by atoms with E-state index in [-0.39, 0.29) is 5.97 Å². The lowest BCUT2D eigenvalue weighted by atomic mass is 10.0. The van der Waals surface area contributed by atoms with Gasteiger partial charge in [-0.1, -0.05) is 263 Å². The highest BCUT2D eigenvalue weighted by molar-refractivity contribution is 5.69. The number of hydrogen-bond acceptors (Lipinski definition) is 3. The summed E-state index contributed by atoms with van der Waals surface area (Å²) in [6.07, 6.45) is 65.2. The van der Waals surface area contributed by atoms with E-state index in [4.69, 9.17) is 9.84 Å². The van der Waals surface area contributed by atoms with Gasteiger partial charge in [-0.05, 0) is 38.5 Å². The molecule has 0 spiro atoms. The summed E-state index contributed by atoms with van der Waals surface area (Å²) < 4.78 is 5.46. The summed E-state index contributed by atoms with van der Waals surface area (Å²) >= 11 is 0. The van der Waals surface area contributed by atoms with Crippen LogP contribution >= 0.6 is 0 Å². The first kappa shape index (κ1) is 53.2. The van der Waals surface area contributed by atoms with Crippen LogP contribution in [0.15, 0.2) is 12.2 Å². The molecule has 0 fully saturated rings. The molecule has 0 amide bonds. The fraction of sp³-hybridized carbons (Fsp3) is 0.941. The lowest BCUT2D eigenvalue weighted by Gasteiger charge is -2.06. The molecule has 0 rings (SSSR count). The minimum Gasteiger partial charge on any atom is -0.466 e. The highest BCUT2D eigenvalue weighted by atomic mass is 16.5. The van der Waals surface area contributed by atoms with Crippen molar-refractivity contribution in [3.05, 3.63) is 12.2 Å². The maximum Gasteiger partial charge on any atom is 0.305 e. The third-order valence-electron chi connectivity index (χ3n) is 11.7. The molecule has 0 aromatic heterocycles. The quantitative estimate of drug-likeness (QED) is 0.0382. The normalized spacial score (nSPS) is 11.7. The van der Waals surface area contributed by atoms with Gasteiger partial charge in [0.25, 0.3) is 0 Å². The van der Waals surface area contributed by atoms with Crippen LogP contribution in [0.5, 0.6) is 0 Å². The molecule has 0 aliphatic heterocycles. The molecule has 0 aromatic rings. The molecule has 0 saturated heterocycles. The zero-order valence-electron chi connectivity index (χ0n) is 37.2. The number of unbranched alkanes of at least 4 members (excludes halogenated alkanes) is 41. The Morgan fingerprint density at radius 3 is 0.926 bits per heavy atom. The molecule has 0 unspecified atom stereocenters. The van der Waals surface area contributed by atoms with Gasteiger partial charge in [0.15, 0.2) is 0 Å². The number of carbonyl (C=O) groups is 1. The Labute approximate surface area is 340 Å². The zero-order valence-corrected chi connectivity index (χ0v) is 37.2. The van der Waals surface area contributed by atoms with Crippen molar-refractivity contribution in [3.8, 4) is 0 Å². The maximum absolute atomic E-state index is 12.0. The highest BCUT2D eigenvalue weighted by Crippen LogP contribution is 2.17. The highest BCUT2D eigenvalue weighted by Gasteiger charge is 2.03. The van der Waals surface area contributed by atoms with Crippen LogP contribution in [0.25, 0.3) is 0 Å². The molecule has 0 aliphatic rings. The summed E-state index contributed by atoms with van der Waals surface area (Å²) in [5, 5.41) is 8.82. The van der Waals surface area contributed by atoms with E-state index in [1.807, 2.05) is 0 Å². The summed E-state index contributed by atoms with van der Waals surface area (Å²) in [4.78, 5) is 12.0. The first-order valence-corrected chi connectivity index (χ1v) is 25.2. The predicted molar refractivity (Wildman–Crippen MR) is 241 cm³/mol. The molecule has 0 atom stereocenters. The van der Waals surface area contributed by atoms with Crippen molar-refractivity contribution >= 4 is 5.97 Å². The van der Waals surface area contributed by atoms with Gasteiger partial charge in [-0.3, -0.25) is 4.79 Å². The summed E-state index contributed by atoms with van der Waals surface area (Å²) in [5.41, 5.74) is 0. The second-order valence-electron chi connectivity index (χ2n) is 17.2. The second kappa shape index (κ2) is 50.2. The molecule has 0 saturated carbocycles. The van der Waals surface area contributed by atoms with Crippen molar-refractivity contribution in [1.82, 2.24) is 0 Å². The summed E-state index contributed by atoms with van der Waals surface area (Å²) in [6, 6.07) is 0. The molecule has 3 nitrogen and oxygen atoms in total. The minimum atomic E-state index is 0.0162. The molecule has 54 heavy (non-hydrogen) atoms. The minimum absolute atomic E-state index is 0.0162. The Morgan fingerprint density at radius 2 is 0.611 bits per heavy atom. The van der Waals surface area contributed by atoms with Crippen molar-refractivity contribution in [2.24, 2.45) is 0 Å². The van der Waals surface area contributed by atoms with E-state index in [2.05, 4.69) is 19.1 Å². The van der Waals surface area contributed by atoms with Gasteiger partial charge in [0.1, 0.15) is 0 Å². The Morgan fingerprint density at radius 1 is 0.352 bits per heavy atom. The van der Waals surface area contributed by atoms with E-state index in [1.54, 1.807) is 0 Å². The van der Waals surface area contributed by atoms with Crippen molar-refractivity contribution < 1.29 is 14.6 Å². The van der Waals surface area contributed by atoms with Crippen LogP contribution in [0.1, 0.15) is 296 Å². The van der Waals surface area contributed by atoms with Crippen LogP contribution < -0.4 is 0 Å². The van der Waals surface area contributed by atoms with Gasteiger partial charge in [0, 0.05) is 13.0 Å². The molecule has 0 aromatic carbocycles. The number of esters is 1. The Hall–Kier alpha value is -0.830. The third-order valence-corrected chi connectivity index (χ3v) is 11.7. The SMILES string of the molecule is CCCCC=CCCCCCCCC(=O)OCCCCCCCCCCCCCCCCCCCCCCCCCCCCCCCCCCCCCO. The summed E-state index contributed by atoms with van der Waals surface area (Å²) in [7, 11) is 0. The lowest BCUT2D eigenvalue weighted by molar-refractivity contribution is -0.143. The van der Waals surface area contributed by atoms with E-state index in [1.165, 1.54) is 257 Å². The molecule has 0 bridgehead atoms. The van der Waals surface area contributed by atoms with Crippen LogP contribution in [-0.2, 0) is 9.53 Å². The number of aliphatic hydroxyl groups excluding tert-OH is 1.